The maximum Gasteiger partial charge on any atom is 0.243 e. The minimum absolute atomic E-state index is 0.218. The van der Waals surface area contributed by atoms with Gasteiger partial charge in [0, 0.05) is 12.0 Å². The Labute approximate surface area is 289 Å². The topological polar surface area (TPSA) is 99.5 Å². The largest absolute Gasteiger partial charge is 0.492 e. The molecule has 0 saturated heterocycles. The van der Waals surface area contributed by atoms with Crippen LogP contribution in [0.15, 0.2) is 142 Å². The first-order valence-electron chi connectivity index (χ1n) is 15.3. The summed E-state index contributed by atoms with van der Waals surface area (Å²) in [6.07, 6.45) is 0. The summed E-state index contributed by atoms with van der Waals surface area (Å²) in [6.45, 7) is 6.49. The van der Waals surface area contributed by atoms with Crippen molar-refractivity contribution in [3.05, 3.63) is 143 Å². The Hall–Kier alpha value is -5.31. The minimum atomic E-state index is -0.483. The van der Waals surface area contributed by atoms with E-state index < -0.39 is 5.41 Å². The van der Waals surface area contributed by atoms with E-state index in [0.29, 0.717) is 45.0 Å². The molecular weight excluding hydrogens is 641 g/mol. The number of hydrogen-bond donors (Lipinski definition) is 2. The number of nitrogens with zero attached hydrogens (tertiary/aromatic N) is 6. The van der Waals surface area contributed by atoms with Crippen molar-refractivity contribution in [2.24, 2.45) is 20.5 Å². The van der Waals surface area contributed by atoms with Gasteiger partial charge in [0.2, 0.25) is 5.88 Å². The molecule has 0 atom stereocenters. The average Bonchev–Trinajstić information content (AvgIpc) is 3.42. The summed E-state index contributed by atoms with van der Waals surface area (Å²) in [5.41, 5.74) is 6.57. The Kier molecular flexibility index (Phi) is 9.66. The number of anilines is 1. The maximum absolute atomic E-state index is 11.4. The summed E-state index contributed by atoms with van der Waals surface area (Å²) >= 11 is 12.9. The molecule has 0 spiro atoms. The van der Waals surface area contributed by atoms with Crippen LogP contribution in [-0.4, -0.2) is 14.9 Å². The normalized spacial score (nSPS) is 11.9. The zero-order valence-corrected chi connectivity index (χ0v) is 28.2. The lowest BCUT2D eigenvalue weighted by atomic mass is 9.91. The number of hydrogen-bond acceptors (Lipinski definition) is 7. The monoisotopic (exact) mass is 673 g/mol. The van der Waals surface area contributed by atoms with Crippen LogP contribution >= 0.6 is 23.2 Å². The first-order valence-corrected chi connectivity index (χ1v) is 16.1. The molecule has 0 aliphatic carbocycles. The minimum Gasteiger partial charge on any atom is -0.492 e. The zero-order chi connectivity index (χ0) is 33.7. The van der Waals surface area contributed by atoms with Gasteiger partial charge in [-0.05, 0) is 59.2 Å². The SMILES string of the molecule is CC(C)(C)c1nn(-c2c(Cl)cccc2Cl)c(O)c1/N=N/c1ccc(/N=N/c2ccc(-c3ccccc3)cc2)cc1NCc1ccccc1. The Morgan fingerprint density at radius 3 is 1.96 bits per heavy atom. The predicted molar refractivity (Wildman–Crippen MR) is 194 cm³/mol. The van der Waals surface area contributed by atoms with E-state index in [1.165, 1.54) is 4.68 Å². The first kappa shape index (κ1) is 32.6. The molecule has 0 fully saturated rings. The molecule has 2 N–H and O–H groups in total. The van der Waals surface area contributed by atoms with Crippen LogP contribution in [0.25, 0.3) is 16.8 Å². The number of rotatable bonds is 9. The van der Waals surface area contributed by atoms with Gasteiger partial charge in [-0.25, -0.2) is 0 Å². The van der Waals surface area contributed by atoms with Crippen molar-refractivity contribution in [1.82, 2.24) is 9.78 Å². The third-order valence-corrected chi connectivity index (χ3v) is 8.13. The van der Waals surface area contributed by atoms with Crippen LogP contribution in [-0.2, 0) is 12.0 Å². The van der Waals surface area contributed by atoms with E-state index in [0.717, 1.165) is 22.4 Å². The van der Waals surface area contributed by atoms with E-state index in [1.54, 1.807) is 18.2 Å². The van der Waals surface area contributed by atoms with E-state index in [4.69, 9.17) is 23.2 Å². The molecule has 0 saturated carbocycles. The number of para-hydroxylation sites is 1. The summed E-state index contributed by atoms with van der Waals surface area (Å²) < 4.78 is 1.31. The van der Waals surface area contributed by atoms with Crippen molar-refractivity contribution < 1.29 is 5.11 Å². The van der Waals surface area contributed by atoms with E-state index in [9.17, 15) is 5.11 Å². The van der Waals surface area contributed by atoms with Gasteiger partial charge in [0.05, 0.1) is 32.8 Å². The van der Waals surface area contributed by atoms with Gasteiger partial charge in [-0.2, -0.15) is 20.0 Å². The molecule has 0 unspecified atom stereocenters. The summed E-state index contributed by atoms with van der Waals surface area (Å²) in [5, 5.41) is 38.3. The van der Waals surface area contributed by atoms with Gasteiger partial charge >= 0.3 is 0 Å². The lowest BCUT2D eigenvalue weighted by Gasteiger charge is -2.15. The fourth-order valence-corrected chi connectivity index (χ4v) is 5.58. The van der Waals surface area contributed by atoms with Crippen molar-refractivity contribution in [2.45, 2.75) is 32.7 Å². The van der Waals surface area contributed by atoms with E-state index in [1.807, 2.05) is 112 Å². The summed E-state index contributed by atoms with van der Waals surface area (Å²) in [5.74, 6) is -0.221. The smallest absolute Gasteiger partial charge is 0.243 e. The fraction of sp³-hybridized carbons (Fsp3) is 0.132. The molecule has 0 amide bonds. The van der Waals surface area contributed by atoms with Crippen LogP contribution in [0, 0.1) is 0 Å². The third kappa shape index (κ3) is 7.46. The molecule has 6 aromatic rings. The Bertz CT molecular complexity index is 2070. The Morgan fingerprint density at radius 2 is 1.29 bits per heavy atom. The third-order valence-electron chi connectivity index (χ3n) is 7.52. The quantitative estimate of drug-likeness (QED) is 0.149. The van der Waals surface area contributed by atoms with Crippen LogP contribution in [0.5, 0.6) is 5.88 Å². The molecule has 1 aromatic heterocycles. The van der Waals surface area contributed by atoms with E-state index in [-0.39, 0.29) is 11.6 Å². The molecule has 0 radical (unpaired) electrons. The molecule has 0 aliphatic heterocycles. The summed E-state index contributed by atoms with van der Waals surface area (Å²) in [4.78, 5) is 0. The molecule has 0 aliphatic rings. The number of aromatic nitrogens is 2. The van der Waals surface area contributed by atoms with Gasteiger partial charge in [-0.3, -0.25) is 0 Å². The highest BCUT2D eigenvalue weighted by atomic mass is 35.5. The summed E-state index contributed by atoms with van der Waals surface area (Å²) in [6, 6.07) is 38.8. The van der Waals surface area contributed by atoms with Gasteiger partial charge in [0.1, 0.15) is 11.4 Å². The number of benzene rings is 5. The second kappa shape index (κ2) is 14.2. The fourth-order valence-electron chi connectivity index (χ4n) is 5.02. The second-order valence-electron chi connectivity index (χ2n) is 12.1. The average molecular weight is 675 g/mol. The number of azo groups is 2. The van der Waals surface area contributed by atoms with Crippen LogP contribution in [0.2, 0.25) is 10.0 Å². The number of halogens is 2. The standard InChI is InChI=1S/C38H33Cl2N7O/c1-38(2,3)36-34(37(48)47(46-36)35-30(39)15-10-16-31(35)40)45-44-32-22-21-29(23-33(32)41-24-25-11-6-4-7-12-25)43-42-28-19-17-27(18-20-28)26-13-8-5-9-14-26/h4-23,41,48H,24H2,1-3H3/b43-42+,45-44+. The van der Waals surface area contributed by atoms with Crippen LogP contribution in [0.1, 0.15) is 32.0 Å². The maximum atomic E-state index is 11.4. The molecule has 0 bridgehead atoms. The highest BCUT2D eigenvalue weighted by Crippen LogP contribution is 2.43. The molecule has 240 valence electrons. The lowest BCUT2D eigenvalue weighted by Crippen LogP contribution is -2.13. The van der Waals surface area contributed by atoms with Crippen LogP contribution in [0.3, 0.4) is 0 Å². The predicted octanol–water partition coefficient (Wildman–Crippen LogP) is 12.3. The summed E-state index contributed by atoms with van der Waals surface area (Å²) in [7, 11) is 0. The van der Waals surface area contributed by atoms with Crippen molar-refractivity contribution in [2.75, 3.05) is 5.32 Å². The lowest BCUT2D eigenvalue weighted by molar-refractivity contribution is 0.434. The molecule has 6 rings (SSSR count). The highest BCUT2D eigenvalue weighted by Gasteiger charge is 2.29. The van der Waals surface area contributed by atoms with Crippen molar-refractivity contribution in [1.29, 1.82) is 0 Å². The Morgan fingerprint density at radius 1 is 0.688 bits per heavy atom. The molecule has 10 heteroatoms. The number of aromatic hydroxyl groups is 1. The van der Waals surface area contributed by atoms with E-state index >= 15 is 0 Å². The van der Waals surface area contributed by atoms with Crippen molar-refractivity contribution >= 4 is 51.6 Å². The van der Waals surface area contributed by atoms with Gasteiger partial charge in [-0.1, -0.05) is 123 Å². The second-order valence-corrected chi connectivity index (χ2v) is 12.9. The number of nitrogens with one attached hydrogen (secondary N) is 1. The van der Waals surface area contributed by atoms with Crippen molar-refractivity contribution in [3.63, 3.8) is 0 Å². The van der Waals surface area contributed by atoms with Gasteiger partial charge < -0.3 is 10.4 Å². The zero-order valence-electron chi connectivity index (χ0n) is 26.6. The van der Waals surface area contributed by atoms with Gasteiger partial charge in [0.15, 0.2) is 5.69 Å². The molecule has 48 heavy (non-hydrogen) atoms. The van der Waals surface area contributed by atoms with Gasteiger partial charge in [0.25, 0.3) is 0 Å². The molecule has 1 heterocycles. The molecular formula is C38H33Cl2N7O. The van der Waals surface area contributed by atoms with Crippen LogP contribution in [0.4, 0.5) is 28.4 Å². The van der Waals surface area contributed by atoms with Crippen LogP contribution < -0.4 is 5.32 Å². The van der Waals surface area contributed by atoms with E-state index in [2.05, 4.69) is 43.0 Å². The Balaban J connectivity index is 1.33. The molecule has 8 nitrogen and oxygen atoms in total. The van der Waals surface area contributed by atoms with Crippen molar-refractivity contribution in [3.8, 4) is 22.7 Å². The first-order chi connectivity index (χ1) is 23.2. The molecule has 5 aromatic carbocycles. The highest BCUT2D eigenvalue weighted by molar-refractivity contribution is 6.37. The van der Waals surface area contributed by atoms with Gasteiger partial charge in [-0.15, -0.1) is 10.2 Å².